The SMILES string of the molecule is CCCN(CC(=O)Nc1ccccc1C)C(=O)c1ccccc1SC. The Balaban J connectivity index is 2.13. The Morgan fingerprint density at radius 2 is 1.76 bits per heavy atom. The molecule has 0 unspecified atom stereocenters. The van der Waals surface area contributed by atoms with E-state index in [1.807, 2.05) is 68.6 Å². The molecular weight excluding hydrogens is 332 g/mol. The average molecular weight is 356 g/mol. The normalized spacial score (nSPS) is 10.4. The van der Waals surface area contributed by atoms with Crippen molar-refractivity contribution in [3.63, 3.8) is 0 Å². The molecule has 4 nitrogen and oxygen atoms in total. The van der Waals surface area contributed by atoms with Gasteiger partial charge in [-0.15, -0.1) is 11.8 Å². The van der Waals surface area contributed by atoms with Crippen LogP contribution in [-0.4, -0.2) is 36.1 Å². The van der Waals surface area contributed by atoms with Gasteiger partial charge in [0.2, 0.25) is 5.91 Å². The molecule has 25 heavy (non-hydrogen) atoms. The van der Waals surface area contributed by atoms with Gasteiger partial charge >= 0.3 is 0 Å². The lowest BCUT2D eigenvalue weighted by atomic mass is 10.2. The molecule has 0 saturated heterocycles. The van der Waals surface area contributed by atoms with E-state index in [2.05, 4.69) is 5.32 Å². The Kier molecular flexibility index (Phi) is 7.07. The summed E-state index contributed by atoms with van der Waals surface area (Å²) in [6.07, 6.45) is 2.74. The van der Waals surface area contributed by atoms with E-state index in [4.69, 9.17) is 0 Å². The van der Waals surface area contributed by atoms with Crippen molar-refractivity contribution in [2.45, 2.75) is 25.2 Å². The van der Waals surface area contributed by atoms with Crippen molar-refractivity contribution < 1.29 is 9.59 Å². The number of nitrogens with zero attached hydrogens (tertiary/aromatic N) is 1. The van der Waals surface area contributed by atoms with Gasteiger partial charge in [-0.3, -0.25) is 9.59 Å². The summed E-state index contributed by atoms with van der Waals surface area (Å²) < 4.78 is 0. The molecule has 0 aliphatic heterocycles. The fourth-order valence-electron chi connectivity index (χ4n) is 2.59. The molecule has 2 aromatic rings. The lowest BCUT2D eigenvalue weighted by Gasteiger charge is -2.23. The van der Waals surface area contributed by atoms with Crippen LogP contribution in [0.2, 0.25) is 0 Å². The van der Waals surface area contributed by atoms with Crippen molar-refractivity contribution in [3.8, 4) is 0 Å². The van der Waals surface area contributed by atoms with Crippen molar-refractivity contribution in [1.82, 2.24) is 4.90 Å². The van der Waals surface area contributed by atoms with Gasteiger partial charge in [-0.1, -0.05) is 37.3 Å². The molecule has 0 saturated carbocycles. The zero-order valence-electron chi connectivity index (χ0n) is 14.9. The lowest BCUT2D eigenvalue weighted by Crippen LogP contribution is -2.38. The predicted octanol–water partition coefficient (Wildman–Crippen LogP) is 4.21. The number of anilines is 1. The summed E-state index contributed by atoms with van der Waals surface area (Å²) in [7, 11) is 0. The van der Waals surface area contributed by atoms with Gasteiger partial charge in [0.15, 0.2) is 0 Å². The Bertz CT molecular complexity index is 746. The second-order valence-corrected chi connectivity index (χ2v) is 6.64. The van der Waals surface area contributed by atoms with Gasteiger partial charge in [0.05, 0.1) is 5.56 Å². The number of thioether (sulfide) groups is 1. The van der Waals surface area contributed by atoms with E-state index >= 15 is 0 Å². The summed E-state index contributed by atoms with van der Waals surface area (Å²) >= 11 is 1.53. The lowest BCUT2D eigenvalue weighted by molar-refractivity contribution is -0.116. The molecule has 0 radical (unpaired) electrons. The molecule has 0 bridgehead atoms. The van der Waals surface area contributed by atoms with Crippen LogP contribution < -0.4 is 5.32 Å². The highest BCUT2D eigenvalue weighted by Gasteiger charge is 2.20. The zero-order valence-corrected chi connectivity index (χ0v) is 15.7. The van der Waals surface area contributed by atoms with Crippen molar-refractivity contribution in [1.29, 1.82) is 0 Å². The molecule has 0 atom stereocenters. The number of carbonyl (C=O) groups is 2. The third-order valence-corrected chi connectivity index (χ3v) is 4.67. The Morgan fingerprint density at radius 1 is 1.08 bits per heavy atom. The van der Waals surface area contributed by atoms with Crippen LogP contribution in [0.3, 0.4) is 0 Å². The van der Waals surface area contributed by atoms with E-state index in [-0.39, 0.29) is 18.4 Å². The second kappa shape index (κ2) is 9.28. The maximum absolute atomic E-state index is 12.9. The summed E-state index contributed by atoms with van der Waals surface area (Å²) in [5.41, 5.74) is 2.42. The molecule has 0 aliphatic carbocycles. The number of para-hydroxylation sites is 1. The summed E-state index contributed by atoms with van der Waals surface area (Å²) in [4.78, 5) is 27.9. The number of benzene rings is 2. The van der Waals surface area contributed by atoms with Crippen molar-refractivity contribution in [2.75, 3.05) is 24.7 Å². The second-order valence-electron chi connectivity index (χ2n) is 5.79. The Morgan fingerprint density at radius 3 is 2.44 bits per heavy atom. The van der Waals surface area contributed by atoms with Gasteiger partial charge in [-0.05, 0) is 43.4 Å². The number of amides is 2. The summed E-state index contributed by atoms with van der Waals surface area (Å²) in [6, 6.07) is 15.1. The average Bonchev–Trinajstić information content (AvgIpc) is 2.62. The highest BCUT2D eigenvalue weighted by molar-refractivity contribution is 7.98. The third-order valence-electron chi connectivity index (χ3n) is 3.87. The molecule has 2 aromatic carbocycles. The van der Waals surface area contributed by atoms with Gasteiger partial charge in [0, 0.05) is 17.1 Å². The van der Waals surface area contributed by atoms with Crippen LogP contribution in [0.4, 0.5) is 5.69 Å². The summed E-state index contributed by atoms with van der Waals surface area (Å²) in [5, 5.41) is 2.90. The largest absolute Gasteiger partial charge is 0.329 e. The standard InChI is InChI=1S/C20H24N2O2S/c1-4-13-22(20(24)16-10-6-8-12-18(16)25-3)14-19(23)21-17-11-7-5-9-15(17)2/h5-12H,4,13-14H2,1-3H3,(H,21,23). The number of carbonyl (C=O) groups excluding carboxylic acids is 2. The Labute approximate surface area is 153 Å². The number of hydrogen-bond donors (Lipinski definition) is 1. The van der Waals surface area contributed by atoms with Gasteiger partial charge in [-0.25, -0.2) is 0 Å². The van der Waals surface area contributed by atoms with Gasteiger partial charge in [0.25, 0.3) is 5.91 Å². The molecule has 0 fully saturated rings. The van der Waals surface area contributed by atoms with Gasteiger partial charge < -0.3 is 10.2 Å². The zero-order chi connectivity index (χ0) is 18.2. The monoisotopic (exact) mass is 356 g/mol. The smallest absolute Gasteiger partial charge is 0.255 e. The first-order chi connectivity index (χ1) is 12.1. The van der Waals surface area contributed by atoms with E-state index < -0.39 is 0 Å². The number of rotatable bonds is 7. The molecule has 0 aromatic heterocycles. The first-order valence-electron chi connectivity index (χ1n) is 8.34. The van der Waals surface area contributed by atoms with E-state index in [1.165, 1.54) is 11.8 Å². The summed E-state index contributed by atoms with van der Waals surface area (Å²) in [5.74, 6) is -0.288. The minimum absolute atomic E-state index is 0.0454. The van der Waals surface area contributed by atoms with E-state index in [1.54, 1.807) is 4.90 Å². The maximum atomic E-state index is 12.9. The molecule has 0 spiro atoms. The molecule has 1 N–H and O–H groups in total. The minimum atomic E-state index is -0.183. The van der Waals surface area contributed by atoms with Crippen LogP contribution in [0, 0.1) is 6.92 Å². The molecular formula is C20H24N2O2S. The third kappa shape index (κ3) is 5.10. The quantitative estimate of drug-likeness (QED) is 0.756. The fraction of sp³-hybridized carbons (Fsp3) is 0.300. The molecule has 0 heterocycles. The molecule has 0 aliphatic rings. The van der Waals surface area contributed by atoms with Gasteiger partial charge in [-0.2, -0.15) is 0 Å². The van der Waals surface area contributed by atoms with Crippen LogP contribution in [0.1, 0.15) is 29.3 Å². The van der Waals surface area contributed by atoms with E-state index in [0.717, 1.165) is 22.6 Å². The number of hydrogen-bond acceptors (Lipinski definition) is 3. The maximum Gasteiger partial charge on any atom is 0.255 e. The van der Waals surface area contributed by atoms with Crippen molar-refractivity contribution in [3.05, 3.63) is 59.7 Å². The van der Waals surface area contributed by atoms with Crippen LogP contribution in [-0.2, 0) is 4.79 Å². The van der Waals surface area contributed by atoms with Crippen LogP contribution in [0.15, 0.2) is 53.4 Å². The van der Waals surface area contributed by atoms with E-state index in [9.17, 15) is 9.59 Å². The first kappa shape index (κ1) is 19.1. The molecule has 2 rings (SSSR count). The topological polar surface area (TPSA) is 49.4 Å². The number of nitrogens with one attached hydrogen (secondary N) is 1. The van der Waals surface area contributed by atoms with Crippen LogP contribution >= 0.6 is 11.8 Å². The highest BCUT2D eigenvalue weighted by atomic mass is 32.2. The van der Waals surface area contributed by atoms with Gasteiger partial charge in [0.1, 0.15) is 6.54 Å². The minimum Gasteiger partial charge on any atom is -0.329 e. The van der Waals surface area contributed by atoms with E-state index in [0.29, 0.717) is 12.1 Å². The molecule has 2 amide bonds. The predicted molar refractivity (Wildman–Crippen MR) is 104 cm³/mol. The molecule has 5 heteroatoms. The molecule has 132 valence electrons. The Hall–Kier alpha value is -2.27. The van der Waals surface area contributed by atoms with Crippen molar-refractivity contribution >= 4 is 29.3 Å². The van der Waals surface area contributed by atoms with Crippen LogP contribution in [0.25, 0.3) is 0 Å². The highest BCUT2D eigenvalue weighted by Crippen LogP contribution is 2.21. The van der Waals surface area contributed by atoms with Crippen LogP contribution in [0.5, 0.6) is 0 Å². The van der Waals surface area contributed by atoms with Crippen molar-refractivity contribution in [2.24, 2.45) is 0 Å². The number of aryl methyl sites for hydroxylation is 1. The summed E-state index contributed by atoms with van der Waals surface area (Å²) in [6.45, 7) is 4.53. The fourth-order valence-corrected chi connectivity index (χ4v) is 3.18. The first-order valence-corrected chi connectivity index (χ1v) is 9.57.